The summed E-state index contributed by atoms with van der Waals surface area (Å²) in [6.45, 7) is 2.29. The van der Waals surface area contributed by atoms with Crippen LogP contribution in [0.15, 0.2) is 29.6 Å². The molecule has 1 amide bonds. The molecule has 0 radical (unpaired) electrons. The van der Waals surface area contributed by atoms with E-state index in [9.17, 15) is 4.79 Å². The third-order valence-corrected chi connectivity index (χ3v) is 6.05. The SMILES string of the molecule is Cl.Cl.NCC(=O)NCC(c1ccc(Cl)c(Cl)c1)N1CCc2sccc2C1. The second-order valence-electron chi connectivity index (χ2n) is 5.79. The molecule has 1 aliphatic heterocycles. The Hall–Kier alpha value is -0.530. The van der Waals surface area contributed by atoms with Gasteiger partial charge in [-0.05, 0) is 41.1 Å². The van der Waals surface area contributed by atoms with Crippen LogP contribution in [0.5, 0.6) is 0 Å². The zero-order chi connectivity index (χ0) is 17.1. The molecule has 2 heterocycles. The van der Waals surface area contributed by atoms with Crippen molar-refractivity contribution in [3.63, 3.8) is 0 Å². The van der Waals surface area contributed by atoms with E-state index < -0.39 is 0 Å². The number of rotatable bonds is 5. The van der Waals surface area contributed by atoms with E-state index >= 15 is 0 Å². The number of fused-ring (bicyclic) bond motifs is 1. The normalized spacial score (nSPS) is 14.6. The fourth-order valence-electron chi connectivity index (χ4n) is 3.00. The van der Waals surface area contributed by atoms with Crippen LogP contribution in [0.4, 0.5) is 0 Å². The Labute approximate surface area is 179 Å². The highest BCUT2D eigenvalue weighted by Gasteiger charge is 2.26. The number of benzene rings is 1. The Morgan fingerprint density at radius 1 is 1.27 bits per heavy atom. The third-order valence-electron chi connectivity index (χ3n) is 4.28. The summed E-state index contributed by atoms with van der Waals surface area (Å²) in [5.41, 5.74) is 7.81. The number of nitrogens with two attached hydrogens (primary N) is 1. The van der Waals surface area contributed by atoms with Gasteiger partial charge in [0.2, 0.25) is 5.91 Å². The summed E-state index contributed by atoms with van der Waals surface area (Å²) < 4.78 is 0. The van der Waals surface area contributed by atoms with Gasteiger partial charge in [0, 0.05) is 24.5 Å². The van der Waals surface area contributed by atoms with Gasteiger partial charge in [0.05, 0.1) is 22.6 Å². The Bertz CT molecular complexity index is 741. The summed E-state index contributed by atoms with van der Waals surface area (Å²) in [4.78, 5) is 15.4. The summed E-state index contributed by atoms with van der Waals surface area (Å²) in [6.07, 6.45) is 1.02. The van der Waals surface area contributed by atoms with Crippen molar-refractivity contribution in [1.29, 1.82) is 0 Å². The molecule has 26 heavy (non-hydrogen) atoms. The van der Waals surface area contributed by atoms with Crippen LogP contribution in [0.2, 0.25) is 10.0 Å². The molecule has 9 heteroatoms. The minimum Gasteiger partial charge on any atom is -0.353 e. The topological polar surface area (TPSA) is 58.4 Å². The number of hydrogen-bond acceptors (Lipinski definition) is 4. The average molecular weight is 457 g/mol. The van der Waals surface area contributed by atoms with Crippen molar-refractivity contribution in [2.24, 2.45) is 5.73 Å². The molecule has 0 fully saturated rings. The first-order valence-corrected chi connectivity index (χ1v) is 9.43. The Kier molecular flexibility index (Phi) is 9.69. The number of thiophene rings is 1. The summed E-state index contributed by atoms with van der Waals surface area (Å²) in [6, 6.07) is 7.86. The molecule has 1 unspecified atom stereocenters. The molecule has 3 N–H and O–H groups in total. The van der Waals surface area contributed by atoms with Gasteiger partial charge in [-0.3, -0.25) is 9.69 Å². The number of nitrogens with one attached hydrogen (secondary N) is 1. The Morgan fingerprint density at radius 3 is 2.73 bits per heavy atom. The van der Waals surface area contributed by atoms with Crippen LogP contribution in [-0.4, -0.2) is 30.4 Å². The van der Waals surface area contributed by atoms with Crippen LogP contribution < -0.4 is 11.1 Å². The van der Waals surface area contributed by atoms with E-state index in [-0.39, 0.29) is 43.3 Å². The van der Waals surface area contributed by atoms with Gasteiger partial charge in [0.25, 0.3) is 0 Å². The van der Waals surface area contributed by atoms with Gasteiger partial charge >= 0.3 is 0 Å². The molecule has 144 valence electrons. The summed E-state index contributed by atoms with van der Waals surface area (Å²) in [7, 11) is 0. The quantitative estimate of drug-likeness (QED) is 0.712. The molecule has 0 saturated heterocycles. The summed E-state index contributed by atoms with van der Waals surface area (Å²) in [5, 5.41) is 6.10. The van der Waals surface area contributed by atoms with Gasteiger partial charge in [-0.2, -0.15) is 0 Å². The first-order valence-electron chi connectivity index (χ1n) is 7.79. The van der Waals surface area contributed by atoms with E-state index in [4.69, 9.17) is 28.9 Å². The first-order chi connectivity index (χ1) is 11.6. The van der Waals surface area contributed by atoms with Crippen LogP contribution in [0.3, 0.4) is 0 Å². The molecule has 3 rings (SSSR count). The van der Waals surface area contributed by atoms with Crippen molar-refractivity contribution in [1.82, 2.24) is 10.2 Å². The molecule has 2 aromatic rings. The van der Waals surface area contributed by atoms with Gasteiger partial charge < -0.3 is 11.1 Å². The van der Waals surface area contributed by atoms with E-state index in [0.717, 1.165) is 25.1 Å². The Morgan fingerprint density at radius 2 is 2.04 bits per heavy atom. The minimum absolute atomic E-state index is 0. The highest BCUT2D eigenvalue weighted by Crippen LogP contribution is 2.32. The standard InChI is InChI=1S/C17H19Cl2N3OS.2ClH/c18-13-2-1-11(7-14(13)19)15(9-21-17(23)8-20)22-5-3-16-12(10-22)4-6-24-16;;/h1-2,4,6-7,15H,3,5,8-10,20H2,(H,21,23);2*1H. The smallest absolute Gasteiger partial charge is 0.233 e. The molecular weight excluding hydrogens is 436 g/mol. The molecule has 0 aliphatic carbocycles. The lowest BCUT2D eigenvalue weighted by atomic mass is 10.0. The maximum atomic E-state index is 11.6. The van der Waals surface area contributed by atoms with Crippen LogP contribution in [-0.2, 0) is 17.8 Å². The van der Waals surface area contributed by atoms with Crippen molar-refractivity contribution in [2.75, 3.05) is 19.6 Å². The van der Waals surface area contributed by atoms with Gasteiger partial charge in [-0.1, -0.05) is 29.3 Å². The fraction of sp³-hybridized carbons (Fsp3) is 0.353. The molecule has 4 nitrogen and oxygen atoms in total. The van der Waals surface area contributed by atoms with Crippen molar-refractivity contribution >= 4 is 65.3 Å². The lowest BCUT2D eigenvalue weighted by molar-refractivity contribution is -0.120. The molecule has 1 aromatic carbocycles. The van der Waals surface area contributed by atoms with E-state index in [1.807, 2.05) is 23.5 Å². The van der Waals surface area contributed by atoms with Crippen molar-refractivity contribution in [3.8, 4) is 0 Å². The van der Waals surface area contributed by atoms with E-state index in [0.29, 0.717) is 16.6 Å². The molecular formula is C17H21Cl4N3OS. The van der Waals surface area contributed by atoms with E-state index in [2.05, 4.69) is 21.7 Å². The van der Waals surface area contributed by atoms with Gasteiger partial charge in [-0.25, -0.2) is 0 Å². The third kappa shape index (κ3) is 5.49. The largest absolute Gasteiger partial charge is 0.353 e. The van der Waals surface area contributed by atoms with E-state index in [1.165, 1.54) is 10.4 Å². The van der Waals surface area contributed by atoms with Crippen LogP contribution in [0.1, 0.15) is 22.0 Å². The summed E-state index contributed by atoms with van der Waals surface area (Å²) >= 11 is 14.0. The molecule has 0 saturated carbocycles. The number of nitrogens with zero attached hydrogens (tertiary/aromatic N) is 1. The monoisotopic (exact) mass is 455 g/mol. The lowest BCUT2D eigenvalue weighted by Crippen LogP contribution is -2.41. The zero-order valence-electron chi connectivity index (χ0n) is 13.9. The number of amides is 1. The van der Waals surface area contributed by atoms with Gasteiger partial charge in [0.15, 0.2) is 0 Å². The number of carbonyl (C=O) groups excluding carboxylic acids is 1. The van der Waals surface area contributed by atoms with Crippen LogP contribution in [0, 0.1) is 0 Å². The maximum absolute atomic E-state index is 11.6. The van der Waals surface area contributed by atoms with Crippen molar-refractivity contribution < 1.29 is 4.79 Å². The predicted octanol–water partition coefficient (Wildman–Crippen LogP) is 4.07. The molecule has 1 aliphatic rings. The highest BCUT2D eigenvalue weighted by molar-refractivity contribution is 7.10. The second kappa shape index (κ2) is 10.7. The predicted molar refractivity (Wildman–Crippen MR) is 114 cm³/mol. The second-order valence-corrected chi connectivity index (χ2v) is 7.60. The minimum atomic E-state index is -0.159. The molecule has 1 aromatic heterocycles. The van der Waals surface area contributed by atoms with Crippen LogP contribution >= 0.6 is 59.4 Å². The number of halogens is 4. The number of carbonyl (C=O) groups is 1. The highest BCUT2D eigenvalue weighted by atomic mass is 35.5. The summed E-state index contributed by atoms with van der Waals surface area (Å²) in [5.74, 6) is -0.159. The lowest BCUT2D eigenvalue weighted by Gasteiger charge is -2.35. The number of hydrogen-bond donors (Lipinski definition) is 2. The molecule has 1 atom stereocenters. The zero-order valence-corrected chi connectivity index (χ0v) is 17.9. The van der Waals surface area contributed by atoms with Gasteiger partial charge in [0.1, 0.15) is 0 Å². The first kappa shape index (κ1) is 23.5. The molecule has 0 bridgehead atoms. The maximum Gasteiger partial charge on any atom is 0.233 e. The van der Waals surface area contributed by atoms with E-state index in [1.54, 1.807) is 6.07 Å². The van der Waals surface area contributed by atoms with Crippen molar-refractivity contribution in [3.05, 3.63) is 55.7 Å². The molecule has 0 spiro atoms. The Balaban J connectivity index is 0.00000169. The van der Waals surface area contributed by atoms with Crippen LogP contribution in [0.25, 0.3) is 0 Å². The average Bonchev–Trinajstić information content (AvgIpc) is 3.05. The fourth-order valence-corrected chi connectivity index (χ4v) is 4.19. The van der Waals surface area contributed by atoms with Crippen molar-refractivity contribution in [2.45, 2.75) is 19.0 Å². The van der Waals surface area contributed by atoms with Gasteiger partial charge in [-0.15, -0.1) is 36.2 Å².